The number of aliphatic hydroxyl groups excluding tert-OH is 1. The highest BCUT2D eigenvalue weighted by Gasteiger charge is 2.33. The lowest BCUT2D eigenvalue weighted by Crippen LogP contribution is -2.47. The first kappa shape index (κ1) is 15.2. The zero-order valence-corrected chi connectivity index (χ0v) is 12.5. The molecule has 3 atom stereocenters. The predicted molar refractivity (Wildman–Crippen MR) is 77.4 cm³/mol. The molecule has 0 aromatic carbocycles. The zero-order valence-electron chi connectivity index (χ0n) is 12.5. The van der Waals surface area contributed by atoms with Gasteiger partial charge in [0.15, 0.2) is 0 Å². The van der Waals surface area contributed by atoms with Crippen molar-refractivity contribution in [1.29, 1.82) is 0 Å². The normalized spacial score (nSPS) is 30.5. The molecule has 2 heterocycles. The first-order chi connectivity index (χ1) is 9.15. The van der Waals surface area contributed by atoms with Gasteiger partial charge in [0.2, 0.25) is 0 Å². The summed E-state index contributed by atoms with van der Waals surface area (Å²) in [5, 5.41) is 13.0. The van der Waals surface area contributed by atoms with Crippen LogP contribution in [0.2, 0.25) is 0 Å². The van der Waals surface area contributed by atoms with Crippen molar-refractivity contribution >= 4 is 0 Å². The van der Waals surface area contributed by atoms with E-state index < -0.39 is 0 Å². The molecular weight excluding hydrogens is 240 g/mol. The van der Waals surface area contributed by atoms with Crippen LogP contribution in [0.5, 0.6) is 0 Å². The van der Waals surface area contributed by atoms with E-state index in [2.05, 4.69) is 24.1 Å². The third kappa shape index (κ3) is 4.42. The van der Waals surface area contributed by atoms with Crippen molar-refractivity contribution in [3.63, 3.8) is 0 Å². The van der Waals surface area contributed by atoms with E-state index in [1.165, 1.54) is 12.8 Å². The average molecular weight is 270 g/mol. The molecule has 2 fully saturated rings. The summed E-state index contributed by atoms with van der Waals surface area (Å²) < 4.78 is 5.86. The SMILES string of the molecule is CCCNC(C)(CO)CCCN1CC2CCC(C1)O2. The molecule has 4 nitrogen and oxygen atoms in total. The van der Waals surface area contributed by atoms with Crippen LogP contribution in [0.15, 0.2) is 0 Å². The Hall–Kier alpha value is -0.160. The van der Waals surface area contributed by atoms with Crippen LogP contribution in [-0.2, 0) is 4.74 Å². The number of rotatable bonds is 8. The Morgan fingerprint density at radius 2 is 2.00 bits per heavy atom. The van der Waals surface area contributed by atoms with Gasteiger partial charge < -0.3 is 15.2 Å². The lowest BCUT2D eigenvalue weighted by molar-refractivity contribution is -0.0391. The van der Waals surface area contributed by atoms with Gasteiger partial charge in [-0.2, -0.15) is 0 Å². The van der Waals surface area contributed by atoms with Crippen molar-refractivity contribution in [2.24, 2.45) is 0 Å². The summed E-state index contributed by atoms with van der Waals surface area (Å²) in [6, 6.07) is 0. The number of aliphatic hydroxyl groups is 1. The maximum absolute atomic E-state index is 9.55. The minimum absolute atomic E-state index is 0.110. The summed E-state index contributed by atoms with van der Waals surface area (Å²) in [7, 11) is 0. The predicted octanol–water partition coefficient (Wildman–Crippen LogP) is 1.38. The Morgan fingerprint density at radius 3 is 2.58 bits per heavy atom. The quantitative estimate of drug-likeness (QED) is 0.699. The summed E-state index contributed by atoms with van der Waals surface area (Å²) in [5.41, 5.74) is -0.110. The van der Waals surface area contributed by atoms with Crippen LogP contribution < -0.4 is 5.32 Å². The molecule has 2 aliphatic heterocycles. The van der Waals surface area contributed by atoms with E-state index in [1.54, 1.807) is 0 Å². The van der Waals surface area contributed by atoms with E-state index >= 15 is 0 Å². The Balaban J connectivity index is 1.67. The fourth-order valence-electron chi connectivity index (χ4n) is 3.22. The molecule has 112 valence electrons. The van der Waals surface area contributed by atoms with Crippen LogP contribution in [0.3, 0.4) is 0 Å². The van der Waals surface area contributed by atoms with Crippen LogP contribution in [0, 0.1) is 0 Å². The highest BCUT2D eigenvalue weighted by atomic mass is 16.5. The molecule has 2 saturated heterocycles. The Labute approximate surface area is 117 Å². The van der Waals surface area contributed by atoms with Gasteiger partial charge in [-0.15, -0.1) is 0 Å². The van der Waals surface area contributed by atoms with Crippen LogP contribution in [-0.4, -0.2) is 60.5 Å². The van der Waals surface area contributed by atoms with Gasteiger partial charge >= 0.3 is 0 Å². The van der Waals surface area contributed by atoms with Crippen molar-refractivity contribution in [2.45, 2.75) is 63.7 Å². The number of nitrogens with one attached hydrogen (secondary N) is 1. The monoisotopic (exact) mass is 270 g/mol. The van der Waals surface area contributed by atoms with E-state index in [0.717, 1.165) is 45.4 Å². The molecule has 2 bridgehead atoms. The molecule has 0 aromatic rings. The highest BCUT2D eigenvalue weighted by molar-refractivity contribution is 4.86. The standard InChI is InChI=1S/C15H30N2O2/c1-3-8-16-15(2,12-18)7-4-9-17-10-13-5-6-14(11-17)19-13/h13-14,16,18H,3-12H2,1-2H3. The van der Waals surface area contributed by atoms with Crippen molar-refractivity contribution in [1.82, 2.24) is 10.2 Å². The van der Waals surface area contributed by atoms with E-state index in [-0.39, 0.29) is 12.1 Å². The molecule has 2 N–H and O–H groups in total. The first-order valence-electron chi connectivity index (χ1n) is 7.89. The third-order valence-electron chi connectivity index (χ3n) is 4.47. The highest BCUT2D eigenvalue weighted by Crippen LogP contribution is 2.26. The number of morpholine rings is 1. The minimum atomic E-state index is -0.110. The van der Waals surface area contributed by atoms with Gasteiger partial charge in [-0.1, -0.05) is 6.92 Å². The van der Waals surface area contributed by atoms with Crippen molar-refractivity contribution < 1.29 is 9.84 Å². The zero-order chi connectivity index (χ0) is 13.7. The molecule has 3 unspecified atom stereocenters. The van der Waals surface area contributed by atoms with Crippen LogP contribution >= 0.6 is 0 Å². The third-order valence-corrected chi connectivity index (χ3v) is 4.47. The summed E-state index contributed by atoms with van der Waals surface area (Å²) in [6.45, 7) is 8.85. The number of hydrogen-bond donors (Lipinski definition) is 2. The maximum atomic E-state index is 9.55. The fraction of sp³-hybridized carbons (Fsp3) is 1.00. The van der Waals surface area contributed by atoms with E-state index in [1.807, 2.05) is 0 Å². The molecule has 0 saturated carbocycles. The number of hydrogen-bond acceptors (Lipinski definition) is 4. The topological polar surface area (TPSA) is 44.7 Å². The number of likely N-dealkylation sites (tertiary alicyclic amines) is 1. The molecule has 2 rings (SSSR count). The Kier molecular flexibility index (Phi) is 5.63. The number of ether oxygens (including phenoxy) is 1. The second kappa shape index (κ2) is 7.02. The summed E-state index contributed by atoms with van der Waals surface area (Å²) >= 11 is 0. The number of nitrogens with zero attached hydrogens (tertiary/aromatic N) is 1. The van der Waals surface area contributed by atoms with E-state index in [4.69, 9.17) is 4.74 Å². The van der Waals surface area contributed by atoms with E-state index in [0.29, 0.717) is 12.2 Å². The average Bonchev–Trinajstić information content (AvgIpc) is 2.76. The van der Waals surface area contributed by atoms with Gasteiger partial charge in [0.25, 0.3) is 0 Å². The van der Waals surface area contributed by atoms with Crippen molar-refractivity contribution in [3.05, 3.63) is 0 Å². The molecular formula is C15H30N2O2. The second-order valence-electron chi connectivity index (χ2n) is 6.47. The molecule has 19 heavy (non-hydrogen) atoms. The molecule has 0 radical (unpaired) electrons. The van der Waals surface area contributed by atoms with Gasteiger partial charge in [0.05, 0.1) is 18.8 Å². The van der Waals surface area contributed by atoms with Crippen molar-refractivity contribution in [3.8, 4) is 0 Å². The summed E-state index contributed by atoms with van der Waals surface area (Å²) in [6.07, 6.45) is 6.76. The van der Waals surface area contributed by atoms with Crippen molar-refractivity contribution in [2.75, 3.05) is 32.8 Å². The molecule has 0 amide bonds. The number of fused-ring (bicyclic) bond motifs is 2. The fourth-order valence-corrected chi connectivity index (χ4v) is 3.22. The minimum Gasteiger partial charge on any atom is -0.394 e. The first-order valence-corrected chi connectivity index (χ1v) is 7.89. The second-order valence-corrected chi connectivity index (χ2v) is 6.47. The van der Waals surface area contributed by atoms with Crippen LogP contribution in [0.1, 0.15) is 46.0 Å². The Bertz CT molecular complexity index is 263. The van der Waals surface area contributed by atoms with Gasteiger partial charge in [0.1, 0.15) is 0 Å². The maximum Gasteiger partial charge on any atom is 0.0707 e. The van der Waals surface area contributed by atoms with Crippen LogP contribution in [0.4, 0.5) is 0 Å². The largest absolute Gasteiger partial charge is 0.394 e. The molecule has 0 spiro atoms. The molecule has 0 aliphatic carbocycles. The molecule has 2 aliphatic rings. The van der Waals surface area contributed by atoms with E-state index in [9.17, 15) is 5.11 Å². The lowest BCUT2D eigenvalue weighted by Gasteiger charge is -2.34. The lowest BCUT2D eigenvalue weighted by atomic mass is 9.96. The van der Waals surface area contributed by atoms with Gasteiger partial charge in [-0.3, -0.25) is 4.90 Å². The van der Waals surface area contributed by atoms with Gasteiger partial charge in [-0.05, 0) is 52.1 Å². The summed E-state index contributed by atoms with van der Waals surface area (Å²) in [4.78, 5) is 2.55. The van der Waals surface area contributed by atoms with Gasteiger partial charge in [0, 0.05) is 18.6 Å². The molecule has 0 aromatic heterocycles. The Morgan fingerprint density at radius 1 is 1.32 bits per heavy atom. The summed E-state index contributed by atoms with van der Waals surface area (Å²) in [5.74, 6) is 0. The van der Waals surface area contributed by atoms with Crippen LogP contribution in [0.25, 0.3) is 0 Å². The van der Waals surface area contributed by atoms with Gasteiger partial charge in [-0.25, -0.2) is 0 Å². The molecule has 4 heteroatoms. The smallest absolute Gasteiger partial charge is 0.0707 e.